The largest absolute Gasteiger partial charge is 0.493 e. The number of ether oxygens (including phenoxy) is 2. The zero-order chi connectivity index (χ0) is 23.2. The van der Waals surface area contributed by atoms with Crippen molar-refractivity contribution in [1.29, 1.82) is 0 Å². The van der Waals surface area contributed by atoms with E-state index in [1.807, 2.05) is 30.3 Å². The minimum Gasteiger partial charge on any atom is -0.493 e. The maximum atomic E-state index is 12.1. The molecule has 0 aliphatic carbocycles. The first kappa shape index (κ1) is 25.2. The van der Waals surface area contributed by atoms with Crippen molar-refractivity contribution in [2.45, 2.75) is 51.9 Å². The third-order valence-corrected chi connectivity index (χ3v) is 5.45. The molecule has 2 aromatic carbocycles. The van der Waals surface area contributed by atoms with Gasteiger partial charge in [-0.05, 0) is 49.3 Å². The Morgan fingerprint density at radius 2 is 1.44 bits per heavy atom. The zero-order valence-electron chi connectivity index (χ0n) is 19.5. The Labute approximate surface area is 191 Å². The second-order valence-electron chi connectivity index (χ2n) is 7.68. The van der Waals surface area contributed by atoms with Crippen LogP contribution < -0.4 is 20.1 Å². The number of rotatable bonds is 14. The summed E-state index contributed by atoms with van der Waals surface area (Å²) in [5.74, 6) is 1.55. The van der Waals surface area contributed by atoms with E-state index < -0.39 is 0 Å². The first-order chi connectivity index (χ1) is 15.6. The molecule has 0 saturated heterocycles. The van der Waals surface area contributed by atoms with Crippen LogP contribution in [0.15, 0.2) is 42.5 Å². The molecule has 0 aromatic heterocycles. The summed E-state index contributed by atoms with van der Waals surface area (Å²) in [5, 5.41) is 5.92. The van der Waals surface area contributed by atoms with E-state index in [1.54, 1.807) is 14.2 Å². The van der Waals surface area contributed by atoms with Crippen LogP contribution >= 0.6 is 0 Å². The van der Waals surface area contributed by atoms with Gasteiger partial charge in [-0.25, -0.2) is 0 Å². The lowest BCUT2D eigenvalue weighted by atomic mass is 10.0. The SMILES string of the molecule is CCc1c(CCNC(=O)CCCCC(=O)NCCc2ccccc2)ccc(OC)c1OC. The second-order valence-corrected chi connectivity index (χ2v) is 7.68. The predicted molar refractivity (Wildman–Crippen MR) is 127 cm³/mol. The summed E-state index contributed by atoms with van der Waals surface area (Å²) in [5.41, 5.74) is 3.47. The number of carbonyl (C=O) groups excluding carboxylic acids is 2. The molecule has 0 spiro atoms. The molecule has 0 unspecified atom stereocenters. The van der Waals surface area contributed by atoms with Crippen LogP contribution in [-0.2, 0) is 28.9 Å². The predicted octanol–water partition coefficient (Wildman–Crippen LogP) is 3.84. The zero-order valence-corrected chi connectivity index (χ0v) is 19.5. The highest BCUT2D eigenvalue weighted by atomic mass is 16.5. The molecule has 0 atom stereocenters. The van der Waals surface area contributed by atoms with Crippen molar-refractivity contribution in [1.82, 2.24) is 10.6 Å². The Balaban J connectivity index is 1.61. The third kappa shape index (κ3) is 8.25. The van der Waals surface area contributed by atoms with Crippen LogP contribution in [0.5, 0.6) is 11.5 Å². The Hall–Kier alpha value is -3.02. The van der Waals surface area contributed by atoms with Crippen molar-refractivity contribution in [3.63, 3.8) is 0 Å². The standard InChI is InChI=1S/C26H36N2O4/c1-4-22-21(14-15-23(31-2)26(22)32-3)17-19-28-25(30)13-9-8-12-24(29)27-18-16-20-10-6-5-7-11-20/h5-7,10-11,14-15H,4,8-9,12-13,16-19H2,1-3H3,(H,27,29)(H,28,30). The van der Waals surface area contributed by atoms with Crippen molar-refractivity contribution >= 4 is 11.8 Å². The normalized spacial score (nSPS) is 10.5. The summed E-state index contributed by atoms with van der Waals surface area (Å²) in [6.07, 6.45) is 4.69. The van der Waals surface area contributed by atoms with E-state index in [0.29, 0.717) is 38.8 Å². The Morgan fingerprint density at radius 1 is 0.812 bits per heavy atom. The third-order valence-electron chi connectivity index (χ3n) is 5.45. The van der Waals surface area contributed by atoms with Crippen LogP contribution in [0, 0.1) is 0 Å². The van der Waals surface area contributed by atoms with Crippen molar-refractivity contribution in [2.75, 3.05) is 27.3 Å². The highest BCUT2D eigenvalue weighted by Gasteiger charge is 2.13. The molecule has 6 nitrogen and oxygen atoms in total. The van der Waals surface area contributed by atoms with E-state index in [9.17, 15) is 9.59 Å². The molecule has 2 N–H and O–H groups in total. The monoisotopic (exact) mass is 440 g/mol. The number of hydrogen-bond acceptors (Lipinski definition) is 4. The van der Waals surface area contributed by atoms with Crippen LogP contribution in [0.3, 0.4) is 0 Å². The van der Waals surface area contributed by atoms with Gasteiger partial charge in [-0.2, -0.15) is 0 Å². The maximum absolute atomic E-state index is 12.1. The Morgan fingerprint density at radius 3 is 2.00 bits per heavy atom. The number of nitrogens with one attached hydrogen (secondary N) is 2. The Bertz CT molecular complexity index is 852. The van der Waals surface area contributed by atoms with E-state index in [0.717, 1.165) is 41.9 Å². The van der Waals surface area contributed by atoms with Crippen molar-refractivity contribution in [3.05, 3.63) is 59.2 Å². The van der Waals surface area contributed by atoms with Gasteiger partial charge in [0.1, 0.15) is 0 Å². The highest BCUT2D eigenvalue weighted by Crippen LogP contribution is 2.33. The number of amides is 2. The van der Waals surface area contributed by atoms with Gasteiger partial charge in [0.25, 0.3) is 0 Å². The fraction of sp³-hybridized carbons (Fsp3) is 0.462. The first-order valence-electron chi connectivity index (χ1n) is 11.4. The second kappa shape index (κ2) is 14.1. The van der Waals surface area contributed by atoms with Gasteiger partial charge in [0.15, 0.2) is 11.5 Å². The van der Waals surface area contributed by atoms with Crippen LogP contribution in [-0.4, -0.2) is 39.1 Å². The van der Waals surface area contributed by atoms with Gasteiger partial charge >= 0.3 is 0 Å². The van der Waals surface area contributed by atoms with Gasteiger partial charge in [-0.3, -0.25) is 9.59 Å². The fourth-order valence-corrected chi connectivity index (χ4v) is 3.73. The topological polar surface area (TPSA) is 76.7 Å². The lowest BCUT2D eigenvalue weighted by Gasteiger charge is -2.16. The highest BCUT2D eigenvalue weighted by molar-refractivity contribution is 5.77. The number of hydrogen-bond donors (Lipinski definition) is 2. The molecule has 0 heterocycles. The molecule has 2 amide bonds. The maximum Gasteiger partial charge on any atom is 0.220 e. The van der Waals surface area contributed by atoms with E-state index in [2.05, 4.69) is 29.7 Å². The summed E-state index contributed by atoms with van der Waals surface area (Å²) in [6.45, 7) is 3.29. The van der Waals surface area contributed by atoms with Crippen molar-refractivity contribution < 1.29 is 19.1 Å². The molecule has 6 heteroatoms. The van der Waals surface area contributed by atoms with Gasteiger partial charge in [0, 0.05) is 31.5 Å². The van der Waals surface area contributed by atoms with E-state index in [1.165, 1.54) is 5.56 Å². The number of unbranched alkanes of at least 4 members (excludes halogenated alkanes) is 1. The molecule has 0 fully saturated rings. The molecule has 2 aromatic rings. The minimum atomic E-state index is 0.0213. The van der Waals surface area contributed by atoms with Gasteiger partial charge < -0.3 is 20.1 Å². The van der Waals surface area contributed by atoms with Gasteiger partial charge in [-0.1, -0.05) is 43.3 Å². The first-order valence-corrected chi connectivity index (χ1v) is 11.4. The Kier molecular flexibility index (Phi) is 11.1. The summed E-state index contributed by atoms with van der Waals surface area (Å²) < 4.78 is 10.9. The summed E-state index contributed by atoms with van der Waals surface area (Å²) in [4.78, 5) is 24.1. The van der Waals surface area contributed by atoms with Gasteiger partial charge in [0.2, 0.25) is 11.8 Å². The quantitative estimate of drug-likeness (QED) is 0.438. The van der Waals surface area contributed by atoms with Crippen LogP contribution in [0.1, 0.15) is 49.3 Å². The van der Waals surface area contributed by atoms with E-state index in [4.69, 9.17) is 9.47 Å². The average Bonchev–Trinajstić information content (AvgIpc) is 2.82. The molecule has 32 heavy (non-hydrogen) atoms. The summed E-state index contributed by atoms with van der Waals surface area (Å²) in [7, 11) is 3.28. The van der Waals surface area contributed by atoms with Crippen LogP contribution in [0.4, 0.5) is 0 Å². The lowest BCUT2D eigenvalue weighted by molar-refractivity contribution is -0.123. The molecule has 2 rings (SSSR count). The molecule has 0 aliphatic rings. The number of carbonyl (C=O) groups is 2. The fourth-order valence-electron chi connectivity index (χ4n) is 3.73. The molecule has 174 valence electrons. The molecular formula is C26H36N2O4. The molecular weight excluding hydrogens is 404 g/mol. The average molecular weight is 441 g/mol. The number of benzene rings is 2. The van der Waals surface area contributed by atoms with E-state index >= 15 is 0 Å². The molecule has 0 saturated carbocycles. The van der Waals surface area contributed by atoms with Crippen LogP contribution in [0.2, 0.25) is 0 Å². The van der Waals surface area contributed by atoms with Gasteiger partial charge in [0.05, 0.1) is 14.2 Å². The minimum absolute atomic E-state index is 0.0213. The molecule has 0 bridgehead atoms. The summed E-state index contributed by atoms with van der Waals surface area (Å²) >= 11 is 0. The van der Waals surface area contributed by atoms with E-state index in [-0.39, 0.29) is 11.8 Å². The lowest BCUT2D eigenvalue weighted by Crippen LogP contribution is -2.26. The molecule has 0 radical (unpaired) electrons. The smallest absolute Gasteiger partial charge is 0.220 e. The van der Waals surface area contributed by atoms with Crippen LogP contribution in [0.25, 0.3) is 0 Å². The molecule has 0 aliphatic heterocycles. The van der Waals surface area contributed by atoms with Gasteiger partial charge in [-0.15, -0.1) is 0 Å². The van der Waals surface area contributed by atoms with Crippen molar-refractivity contribution in [3.8, 4) is 11.5 Å². The van der Waals surface area contributed by atoms with Crippen molar-refractivity contribution in [2.24, 2.45) is 0 Å². The number of methoxy groups -OCH3 is 2. The summed E-state index contributed by atoms with van der Waals surface area (Å²) in [6, 6.07) is 14.0.